The predicted octanol–water partition coefficient (Wildman–Crippen LogP) is 4.23. The van der Waals surface area contributed by atoms with Gasteiger partial charge in [0.25, 0.3) is 0 Å². The van der Waals surface area contributed by atoms with Gasteiger partial charge in [-0.3, -0.25) is 0 Å². The van der Waals surface area contributed by atoms with Crippen LogP contribution >= 0.6 is 23.2 Å². The number of aliphatic hydroxyl groups is 1. The monoisotopic (exact) mass is 270 g/mol. The second-order valence-corrected chi connectivity index (χ2v) is 4.54. The van der Waals surface area contributed by atoms with Crippen LogP contribution in [0.25, 0.3) is 0 Å². The molecule has 1 aromatic heterocycles. The minimum Gasteiger partial charge on any atom is -0.469 e. The summed E-state index contributed by atoms with van der Waals surface area (Å²) in [5.74, 6) is 0.781. The van der Waals surface area contributed by atoms with Crippen LogP contribution in [0.1, 0.15) is 29.9 Å². The molecule has 1 N–H and O–H groups in total. The molecule has 0 saturated heterocycles. The lowest BCUT2D eigenvalue weighted by molar-refractivity contribution is 0.217. The van der Waals surface area contributed by atoms with Crippen molar-refractivity contribution < 1.29 is 9.52 Å². The third kappa shape index (κ3) is 2.49. The van der Waals surface area contributed by atoms with E-state index in [1.54, 1.807) is 30.5 Å². The average molecular weight is 271 g/mol. The van der Waals surface area contributed by atoms with Gasteiger partial charge in [0.15, 0.2) is 0 Å². The fourth-order valence-electron chi connectivity index (χ4n) is 1.74. The second kappa shape index (κ2) is 5.13. The molecule has 0 amide bonds. The van der Waals surface area contributed by atoms with E-state index in [2.05, 4.69) is 0 Å². The van der Waals surface area contributed by atoms with Gasteiger partial charge in [0.1, 0.15) is 11.9 Å². The largest absolute Gasteiger partial charge is 0.469 e. The molecular formula is C13H12Cl2O2. The van der Waals surface area contributed by atoms with E-state index < -0.39 is 6.10 Å². The van der Waals surface area contributed by atoms with Crippen molar-refractivity contribution in [1.29, 1.82) is 0 Å². The van der Waals surface area contributed by atoms with Crippen LogP contribution in [-0.2, 0) is 6.42 Å². The highest BCUT2D eigenvalue weighted by atomic mass is 35.5. The molecule has 0 fully saturated rings. The molecule has 0 aliphatic carbocycles. The van der Waals surface area contributed by atoms with Crippen LogP contribution in [0.15, 0.2) is 34.9 Å². The highest BCUT2D eigenvalue weighted by molar-refractivity contribution is 6.42. The summed E-state index contributed by atoms with van der Waals surface area (Å²) in [6, 6.07) is 6.87. The van der Waals surface area contributed by atoms with Gasteiger partial charge in [0.2, 0.25) is 0 Å². The Kier molecular flexibility index (Phi) is 3.77. The van der Waals surface area contributed by atoms with Crippen LogP contribution in [0.3, 0.4) is 0 Å². The predicted molar refractivity (Wildman–Crippen MR) is 68.6 cm³/mol. The van der Waals surface area contributed by atoms with Gasteiger partial charge in [-0.25, -0.2) is 0 Å². The average Bonchev–Trinajstić information content (AvgIpc) is 2.80. The number of hydrogen-bond acceptors (Lipinski definition) is 2. The number of aliphatic hydroxyl groups excluding tert-OH is 1. The fraction of sp³-hybridized carbons (Fsp3) is 0.231. The summed E-state index contributed by atoms with van der Waals surface area (Å²) in [7, 11) is 0. The smallest absolute Gasteiger partial charge is 0.109 e. The van der Waals surface area contributed by atoms with Gasteiger partial charge in [0, 0.05) is 12.0 Å². The number of benzene rings is 1. The van der Waals surface area contributed by atoms with Crippen LogP contribution < -0.4 is 0 Å². The number of furan rings is 1. The first-order valence-electron chi connectivity index (χ1n) is 5.32. The van der Waals surface area contributed by atoms with Crippen LogP contribution in [-0.4, -0.2) is 5.11 Å². The zero-order valence-electron chi connectivity index (χ0n) is 9.28. The number of halogens is 2. The quantitative estimate of drug-likeness (QED) is 0.906. The van der Waals surface area contributed by atoms with Gasteiger partial charge < -0.3 is 9.52 Å². The summed E-state index contributed by atoms with van der Waals surface area (Å²) in [6.45, 7) is 1.98. The molecule has 1 atom stereocenters. The highest BCUT2D eigenvalue weighted by Crippen LogP contribution is 2.30. The molecule has 0 saturated carbocycles. The van der Waals surface area contributed by atoms with Crippen LogP contribution in [0.2, 0.25) is 10.0 Å². The SMILES string of the molecule is CCc1occc1C(O)c1ccc(Cl)c(Cl)c1. The Hall–Kier alpha value is -0.960. The second-order valence-electron chi connectivity index (χ2n) is 3.73. The van der Waals surface area contributed by atoms with Gasteiger partial charge >= 0.3 is 0 Å². The van der Waals surface area contributed by atoms with Gasteiger partial charge in [-0.1, -0.05) is 36.2 Å². The molecule has 4 heteroatoms. The van der Waals surface area contributed by atoms with Crippen LogP contribution in [0.5, 0.6) is 0 Å². The lowest BCUT2D eigenvalue weighted by atomic mass is 10.0. The summed E-state index contributed by atoms with van der Waals surface area (Å²) in [4.78, 5) is 0. The third-order valence-electron chi connectivity index (χ3n) is 2.65. The summed E-state index contributed by atoms with van der Waals surface area (Å²) in [5, 5.41) is 11.2. The molecule has 17 heavy (non-hydrogen) atoms. The summed E-state index contributed by atoms with van der Waals surface area (Å²) in [5.41, 5.74) is 1.47. The summed E-state index contributed by atoms with van der Waals surface area (Å²) < 4.78 is 5.29. The minimum atomic E-state index is -0.738. The highest BCUT2D eigenvalue weighted by Gasteiger charge is 2.17. The molecule has 1 aromatic carbocycles. The Balaban J connectivity index is 2.36. The fourth-order valence-corrected chi connectivity index (χ4v) is 2.05. The van der Waals surface area contributed by atoms with Crippen LogP contribution in [0.4, 0.5) is 0 Å². The molecule has 0 radical (unpaired) electrons. The molecule has 0 aliphatic rings. The molecule has 2 nitrogen and oxygen atoms in total. The van der Waals surface area contributed by atoms with Crippen molar-refractivity contribution in [3.05, 3.63) is 57.5 Å². The molecule has 1 unspecified atom stereocenters. The van der Waals surface area contributed by atoms with E-state index in [-0.39, 0.29) is 0 Å². The third-order valence-corrected chi connectivity index (χ3v) is 3.39. The number of aryl methyl sites for hydroxylation is 1. The van der Waals surface area contributed by atoms with Crippen molar-refractivity contribution in [1.82, 2.24) is 0 Å². The maximum absolute atomic E-state index is 10.2. The Morgan fingerprint density at radius 1 is 1.24 bits per heavy atom. The maximum Gasteiger partial charge on any atom is 0.109 e. The van der Waals surface area contributed by atoms with Crippen molar-refractivity contribution in [3.63, 3.8) is 0 Å². The van der Waals surface area contributed by atoms with Gasteiger partial charge in [-0.05, 0) is 23.8 Å². The zero-order valence-corrected chi connectivity index (χ0v) is 10.8. The summed E-state index contributed by atoms with van der Waals surface area (Å²) in [6.07, 6.45) is 1.58. The van der Waals surface area contributed by atoms with Crippen molar-refractivity contribution >= 4 is 23.2 Å². The molecule has 2 aromatic rings. The van der Waals surface area contributed by atoms with E-state index in [0.717, 1.165) is 17.7 Å². The lowest BCUT2D eigenvalue weighted by Crippen LogP contribution is -2.01. The number of hydrogen-bond donors (Lipinski definition) is 1. The molecule has 0 aliphatic heterocycles. The van der Waals surface area contributed by atoms with Crippen molar-refractivity contribution in [2.75, 3.05) is 0 Å². The molecule has 2 rings (SSSR count). The van der Waals surface area contributed by atoms with E-state index in [4.69, 9.17) is 27.6 Å². The van der Waals surface area contributed by atoms with Gasteiger partial charge in [-0.15, -0.1) is 0 Å². The van der Waals surface area contributed by atoms with Gasteiger partial charge in [0.05, 0.1) is 16.3 Å². The first kappa shape index (κ1) is 12.5. The maximum atomic E-state index is 10.2. The van der Waals surface area contributed by atoms with Crippen molar-refractivity contribution in [3.8, 4) is 0 Å². The normalized spacial score (nSPS) is 12.7. The zero-order chi connectivity index (χ0) is 12.4. The Morgan fingerprint density at radius 3 is 2.65 bits per heavy atom. The molecule has 0 bridgehead atoms. The Labute approximate surface area is 110 Å². The standard InChI is InChI=1S/C13H12Cl2O2/c1-2-12-9(5-6-17-12)13(16)8-3-4-10(14)11(15)7-8/h3-7,13,16H,2H2,1H3. The van der Waals surface area contributed by atoms with E-state index in [9.17, 15) is 5.11 Å². The summed E-state index contributed by atoms with van der Waals surface area (Å²) >= 11 is 11.8. The first-order valence-corrected chi connectivity index (χ1v) is 6.08. The van der Waals surface area contributed by atoms with Crippen molar-refractivity contribution in [2.45, 2.75) is 19.4 Å². The van der Waals surface area contributed by atoms with Gasteiger partial charge in [-0.2, -0.15) is 0 Å². The Morgan fingerprint density at radius 2 is 2.00 bits per heavy atom. The van der Waals surface area contributed by atoms with E-state index in [0.29, 0.717) is 15.6 Å². The first-order chi connectivity index (χ1) is 8.13. The number of rotatable bonds is 3. The minimum absolute atomic E-state index is 0.435. The molecule has 90 valence electrons. The van der Waals surface area contributed by atoms with E-state index in [1.165, 1.54) is 0 Å². The van der Waals surface area contributed by atoms with E-state index in [1.807, 2.05) is 6.92 Å². The molecule has 0 spiro atoms. The lowest BCUT2D eigenvalue weighted by Gasteiger charge is -2.11. The molecular weight excluding hydrogens is 259 g/mol. The van der Waals surface area contributed by atoms with Crippen LogP contribution in [0, 0.1) is 0 Å². The van der Waals surface area contributed by atoms with E-state index >= 15 is 0 Å². The Bertz CT molecular complexity index is 520. The topological polar surface area (TPSA) is 33.4 Å². The van der Waals surface area contributed by atoms with Crippen molar-refractivity contribution in [2.24, 2.45) is 0 Å². The molecule has 1 heterocycles.